The fourth-order valence-electron chi connectivity index (χ4n) is 2.99. The van der Waals surface area contributed by atoms with Crippen LogP contribution in [0.3, 0.4) is 0 Å². The Balaban J connectivity index is 1.39. The highest BCUT2D eigenvalue weighted by Crippen LogP contribution is 2.20. The highest BCUT2D eigenvalue weighted by atomic mass is 19.1. The van der Waals surface area contributed by atoms with Gasteiger partial charge in [-0.1, -0.05) is 6.07 Å². The van der Waals surface area contributed by atoms with Crippen LogP contribution in [0.2, 0.25) is 0 Å². The molecule has 6 nitrogen and oxygen atoms in total. The summed E-state index contributed by atoms with van der Waals surface area (Å²) in [5.41, 5.74) is 1.44. The topological polar surface area (TPSA) is 68.8 Å². The average Bonchev–Trinajstić information content (AvgIpc) is 3.18. The molecule has 4 rings (SSSR count). The minimum atomic E-state index is -0.300. The lowest BCUT2D eigenvalue weighted by Crippen LogP contribution is -2.37. The molecule has 1 aliphatic rings. The zero-order chi connectivity index (χ0) is 16.5. The monoisotopic (exact) mass is 327 g/mol. The summed E-state index contributed by atoms with van der Waals surface area (Å²) in [6, 6.07) is 6.57. The predicted octanol–water partition coefficient (Wildman–Crippen LogP) is 2.49. The van der Waals surface area contributed by atoms with Crippen molar-refractivity contribution >= 4 is 0 Å². The number of oxazole rings is 1. The van der Waals surface area contributed by atoms with Crippen molar-refractivity contribution in [1.29, 1.82) is 0 Å². The third-order valence-corrected chi connectivity index (χ3v) is 4.16. The van der Waals surface area contributed by atoms with Crippen LogP contribution < -0.4 is 5.32 Å². The third-order valence-electron chi connectivity index (χ3n) is 4.16. The van der Waals surface area contributed by atoms with Gasteiger partial charge in [0.1, 0.15) is 23.7 Å². The molecule has 1 aliphatic heterocycles. The number of hydrogen-bond acceptors (Lipinski definition) is 5. The van der Waals surface area contributed by atoms with Gasteiger partial charge in [0.15, 0.2) is 0 Å². The van der Waals surface area contributed by atoms with Gasteiger partial charge in [0, 0.05) is 24.6 Å². The molecule has 0 spiro atoms. The molecule has 1 aromatic carbocycles. The summed E-state index contributed by atoms with van der Waals surface area (Å²) in [5.74, 6) is 2.01. The summed E-state index contributed by atoms with van der Waals surface area (Å²) in [4.78, 5) is 8.84. The van der Waals surface area contributed by atoms with E-state index in [4.69, 9.17) is 4.42 Å². The van der Waals surface area contributed by atoms with Crippen LogP contribution >= 0.6 is 0 Å². The van der Waals surface area contributed by atoms with Crippen LogP contribution in [0.15, 0.2) is 34.9 Å². The zero-order valence-corrected chi connectivity index (χ0v) is 13.4. The van der Waals surface area contributed by atoms with Crippen molar-refractivity contribution < 1.29 is 8.81 Å². The third kappa shape index (κ3) is 3.07. The lowest BCUT2D eigenvalue weighted by atomic mass is 10.1. The van der Waals surface area contributed by atoms with E-state index in [-0.39, 0.29) is 5.82 Å². The standard InChI is InChI=1S/C17H18FN5O/c1-11-20-16-6-5-14(9-23(16)22-11)19-8-15-10-24-17(21-15)12-3-2-4-13(18)7-12/h2-4,7,10,14,19H,5-6,8-9H2,1H3. The molecule has 0 bridgehead atoms. The fraction of sp³-hybridized carbons (Fsp3) is 0.353. The number of aryl methyl sites for hydroxylation is 2. The quantitative estimate of drug-likeness (QED) is 0.797. The van der Waals surface area contributed by atoms with Crippen LogP contribution in [0.5, 0.6) is 0 Å². The van der Waals surface area contributed by atoms with E-state index in [1.165, 1.54) is 12.1 Å². The number of hydrogen-bond donors (Lipinski definition) is 1. The normalized spacial score (nSPS) is 17.0. The first-order valence-corrected chi connectivity index (χ1v) is 8.01. The Labute approximate surface area is 138 Å². The first-order chi connectivity index (χ1) is 11.7. The van der Waals surface area contributed by atoms with E-state index >= 15 is 0 Å². The summed E-state index contributed by atoms with van der Waals surface area (Å²) in [5, 5.41) is 7.88. The number of benzene rings is 1. The Hall–Kier alpha value is -2.54. The Morgan fingerprint density at radius 1 is 1.38 bits per heavy atom. The predicted molar refractivity (Wildman–Crippen MR) is 85.6 cm³/mol. The largest absolute Gasteiger partial charge is 0.444 e. The second kappa shape index (κ2) is 6.16. The van der Waals surface area contributed by atoms with E-state index in [0.29, 0.717) is 24.0 Å². The molecule has 3 aromatic rings. The lowest BCUT2D eigenvalue weighted by Gasteiger charge is -2.23. The van der Waals surface area contributed by atoms with E-state index in [9.17, 15) is 4.39 Å². The Morgan fingerprint density at radius 2 is 2.29 bits per heavy atom. The van der Waals surface area contributed by atoms with Crippen molar-refractivity contribution in [2.75, 3.05) is 0 Å². The molecule has 1 N–H and O–H groups in total. The zero-order valence-electron chi connectivity index (χ0n) is 13.4. The van der Waals surface area contributed by atoms with Gasteiger partial charge < -0.3 is 9.73 Å². The molecule has 1 atom stereocenters. The molecule has 1 unspecified atom stereocenters. The van der Waals surface area contributed by atoms with Crippen LogP contribution in [-0.4, -0.2) is 25.8 Å². The van der Waals surface area contributed by atoms with Crippen molar-refractivity contribution in [1.82, 2.24) is 25.1 Å². The van der Waals surface area contributed by atoms with Crippen molar-refractivity contribution in [3.63, 3.8) is 0 Å². The average molecular weight is 327 g/mol. The molecule has 0 aliphatic carbocycles. The first kappa shape index (κ1) is 15.0. The van der Waals surface area contributed by atoms with E-state index in [0.717, 1.165) is 36.7 Å². The van der Waals surface area contributed by atoms with Crippen LogP contribution in [0.25, 0.3) is 11.5 Å². The number of nitrogens with zero attached hydrogens (tertiary/aromatic N) is 4. The van der Waals surface area contributed by atoms with E-state index in [1.807, 2.05) is 11.6 Å². The van der Waals surface area contributed by atoms with E-state index in [2.05, 4.69) is 20.4 Å². The van der Waals surface area contributed by atoms with Crippen molar-refractivity contribution in [3.8, 4) is 11.5 Å². The maximum Gasteiger partial charge on any atom is 0.226 e. The van der Waals surface area contributed by atoms with Gasteiger partial charge >= 0.3 is 0 Å². The highest BCUT2D eigenvalue weighted by molar-refractivity contribution is 5.52. The minimum absolute atomic E-state index is 0.300. The second-order valence-electron chi connectivity index (χ2n) is 6.03. The van der Waals surface area contributed by atoms with Crippen molar-refractivity contribution in [2.45, 2.75) is 38.9 Å². The van der Waals surface area contributed by atoms with E-state index in [1.54, 1.807) is 18.4 Å². The van der Waals surface area contributed by atoms with Gasteiger partial charge in [0.05, 0.1) is 12.2 Å². The Bertz CT molecular complexity index is 856. The van der Waals surface area contributed by atoms with Gasteiger partial charge in [0.25, 0.3) is 0 Å². The molecule has 0 fully saturated rings. The summed E-state index contributed by atoms with van der Waals surface area (Å²) in [6.45, 7) is 3.33. The van der Waals surface area contributed by atoms with Crippen molar-refractivity contribution in [3.05, 3.63) is 53.7 Å². The molecule has 7 heteroatoms. The Morgan fingerprint density at radius 3 is 3.17 bits per heavy atom. The molecular weight excluding hydrogens is 309 g/mol. The van der Waals surface area contributed by atoms with Crippen molar-refractivity contribution in [2.24, 2.45) is 0 Å². The lowest BCUT2D eigenvalue weighted by molar-refractivity contribution is 0.356. The second-order valence-corrected chi connectivity index (χ2v) is 6.03. The summed E-state index contributed by atoms with van der Waals surface area (Å²) in [7, 11) is 0. The van der Waals surface area contributed by atoms with Gasteiger partial charge in [-0.2, -0.15) is 5.10 Å². The molecule has 24 heavy (non-hydrogen) atoms. The maximum atomic E-state index is 13.3. The smallest absolute Gasteiger partial charge is 0.226 e. The molecule has 2 aromatic heterocycles. The number of halogens is 1. The van der Waals surface area contributed by atoms with Gasteiger partial charge in [-0.05, 0) is 31.5 Å². The van der Waals surface area contributed by atoms with Crippen LogP contribution in [-0.2, 0) is 19.5 Å². The van der Waals surface area contributed by atoms with Gasteiger partial charge in [-0.3, -0.25) is 0 Å². The number of nitrogens with one attached hydrogen (secondary N) is 1. The summed E-state index contributed by atoms with van der Waals surface area (Å²) < 4.78 is 20.7. The molecule has 0 radical (unpaired) electrons. The molecule has 0 amide bonds. The highest BCUT2D eigenvalue weighted by Gasteiger charge is 2.20. The molecule has 0 saturated carbocycles. The summed E-state index contributed by atoms with van der Waals surface area (Å²) >= 11 is 0. The maximum absolute atomic E-state index is 13.3. The van der Waals surface area contributed by atoms with Gasteiger partial charge in [-0.15, -0.1) is 0 Å². The van der Waals surface area contributed by atoms with Gasteiger partial charge in [0.2, 0.25) is 5.89 Å². The van der Waals surface area contributed by atoms with Crippen LogP contribution in [0.1, 0.15) is 23.8 Å². The molecule has 124 valence electrons. The van der Waals surface area contributed by atoms with Gasteiger partial charge in [-0.25, -0.2) is 19.0 Å². The molecule has 0 saturated heterocycles. The van der Waals surface area contributed by atoms with E-state index < -0.39 is 0 Å². The number of fused-ring (bicyclic) bond motifs is 1. The first-order valence-electron chi connectivity index (χ1n) is 8.01. The molecular formula is C17H18FN5O. The van der Waals surface area contributed by atoms with Crippen LogP contribution in [0, 0.1) is 12.7 Å². The summed E-state index contributed by atoms with van der Waals surface area (Å²) in [6.07, 6.45) is 3.56. The minimum Gasteiger partial charge on any atom is -0.444 e. The van der Waals surface area contributed by atoms with Crippen LogP contribution in [0.4, 0.5) is 4.39 Å². The number of rotatable bonds is 4. The molecule has 3 heterocycles. The number of aromatic nitrogens is 4. The SMILES string of the molecule is Cc1nc2n(n1)CC(NCc1coc(-c3cccc(F)c3)n1)CC2. The Kier molecular flexibility index (Phi) is 3.86. The fourth-order valence-corrected chi connectivity index (χ4v) is 2.99.